The van der Waals surface area contributed by atoms with Gasteiger partial charge in [0.1, 0.15) is 10.8 Å². The zero-order valence-corrected chi connectivity index (χ0v) is 16.4. The monoisotopic (exact) mass is 400 g/mol. The predicted octanol–water partition coefficient (Wildman–Crippen LogP) is 2.84. The molecular formula is C16H21FN4O3S2. The van der Waals surface area contributed by atoms with Gasteiger partial charge < -0.3 is 5.32 Å². The number of benzene rings is 1. The highest BCUT2D eigenvalue weighted by Gasteiger charge is 2.20. The number of sulfonamides is 1. The Morgan fingerprint density at radius 2 is 1.92 bits per heavy atom. The van der Waals surface area contributed by atoms with Crippen molar-refractivity contribution in [3.8, 4) is 0 Å². The number of anilines is 1. The first kappa shape index (κ1) is 20.4. The van der Waals surface area contributed by atoms with E-state index >= 15 is 0 Å². The Labute approximate surface area is 156 Å². The first-order valence-corrected chi connectivity index (χ1v) is 10.3. The normalized spacial score (nSPS) is 11.9. The topological polar surface area (TPSA) is 92.3 Å². The quantitative estimate of drug-likeness (QED) is 0.736. The van der Waals surface area contributed by atoms with E-state index in [2.05, 4.69) is 15.5 Å². The number of carbonyl (C=O) groups excluding carboxylic acids is 1. The van der Waals surface area contributed by atoms with E-state index in [1.54, 1.807) is 0 Å². The van der Waals surface area contributed by atoms with E-state index in [0.717, 1.165) is 21.4 Å². The Morgan fingerprint density at radius 3 is 2.50 bits per heavy atom. The summed E-state index contributed by atoms with van der Waals surface area (Å²) in [5, 5.41) is 11.8. The first-order chi connectivity index (χ1) is 12.2. The molecule has 26 heavy (non-hydrogen) atoms. The molecule has 0 aliphatic carbocycles. The molecule has 1 heterocycles. The summed E-state index contributed by atoms with van der Waals surface area (Å²) in [6.07, 6.45) is 0.498. The second kappa shape index (κ2) is 8.65. The standard InChI is InChI=1S/C16H21FN4O3S2/c1-11(2)15-19-20-16(25-15)18-14(22)5-4-10-21(3)26(23,24)13-8-6-12(17)7-9-13/h6-9,11H,4-5,10H2,1-3H3,(H,18,20,22). The minimum absolute atomic E-state index is 0.0147. The molecule has 0 radical (unpaired) electrons. The second-order valence-electron chi connectivity index (χ2n) is 6.03. The number of hydrogen-bond acceptors (Lipinski definition) is 6. The molecule has 0 spiro atoms. The van der Waals surface area contributed by atoms with Crippen LogP contribution in [0.5, 0.6) is 0 Å². The Morgan fingerprint density at radius 1 is 1.27 bits per heavy atom. The van der Waals surface area contributed by atoms with Crippen molar-refractivity contribution in [2.45, 2.75) is 37.5 Å². The van der Waals surface area contributed by atoms with Crippen LogP contribution in [-0.2, 0) is 14.8 Å². The van der Waals surface area contributed by atoms with E-state index in [9.17, 15) is 17.6 Å². The van der Waals surface area contributed by atoms with Crippen molar-refractivity contribution in [2.24, 2.45) is 0 Å². The van der Waals surface area contributed by atoms with E-state index in [1.807, 2.05) is 13.8 Å². The van der Waals surface area contributed by atoms with Crippen LogP contribution in [0.4, 0.5) is 9.52 Å². The van der Waals surface area contributed by atoms with Crippen LogP contribution in [0, 0.1) is 5.82 Å². The van der Waals surface area contributed by atoms with Gasteiger partial charge in [0, 0.05) is 25.9 Å². The molecule has 0 saturated heterocycles. The Balaban J connectivity index is 1.84. The summed E-state index contributed by atoms with van der Waals surface area (Å²) in [7, 11) is -2.28. The van der Waals surface area contributed by atoms with Crippen LogP contribution in [0.3, 0.4) is 0 Å². The maximum absolute atomic E-state index is 12.9. The molecule has 1 amide bonds. The molecule has 2 rings (SSSR count). The number of hydrogen-bond donors (Lipinski definition) is 1. The van der Waals surface area contributed by atoms with Gasteiger partial charge in [-0.2, -0.15) is 0 Å². The highest BCUT2D eigenvalue weighted by atomic mass is 32.2. The van der Waals surface area contributed by atoms with Gasteiger partial charge in [-0.25, -0.2) is 17.1 Å². The molecule has 0 aliphatic heterocycles. The van der Waals surface area contributed by atoms with Crippen molar-refractivity contribution in [2.75, 3.05) is 18.9 Å². The van der Waals surface area contributed by atoms with Gasteiger partial charge in [-0.05, 0) is 30.7 Å². The highest BCUT2D eigenvalue weighted by Crippen LogP contribution is 2.22. The zero-order valence-electron chi connectivity index (χ0n) is 14.8. The molecule has 1 N–H and O–H groups in total. The second-order valence-corrected chi connectivity index (χ2v) is 9.09. The third-order valence-corrected chi connectivity index (χ3v) is 6.59. The molecule has 142 valence electrons. The van der Waals surface area contributed by atoms with Gasteiger partial charge in [-0.15, -0.1) is 10.2 Å². The summed E-state index contributed by atoms with van der Waals surface area (Å²) in [6.45, 7) is 4.15. The number of rotatable bonds is 8. The van der Waals surface area contributed by atoms with Gasteiger partial charge in [0.15, 0.2) is 0 Å². The minimum Gasteiger partial charge on any atom is -0.301 e. The summed E-state index contributed by atoms with van der Waals surface area (Å²) in [6, 6.07) is 4.63. The van der Waals surface area contributed by atoms with E-state index in [4.69, 9.17) is 0 Å². The third-order valence-electron chi connectivity index (χ3n) is 3.58. The molecule has 1 aromatic heterocycles. The molecule has 0 saturated carbocycles. The fourth-order valence-electron chi connectivity index (χ4n) is 2.07. The van der Waals surface area contributed by atoms with Crippen molar-refractivity contribution >= 4 is 32.4 Å². The first-order valence-electron chi connectivity index (χ1n) is 8.05. The van der Waals surface area contributed by atoms with Crippen molar-refractivity contribution in [1.82, 2.24) is 14.5 Å². The minimum atomic E-state index is -3.70. The number of carbonyl (C=O) groups is 1. The average Bonchev–Trinajstić information content (AvgIpc) is 3.03. The molecule has 0 fully saturated rings. The van der Waals surface area contributed by atoms with Crippen molar-refractivity contribution in [1.29, 1.82) is 0 Å². The Kier molecular flexibility index (Phi) is 6.79. The van der Waals surface area contributed by atoms with Crippen LogP contribution >= 0.6 is 11.3 Å². The molecule has 7 nitrogen and oxygen atoms in total. The van der Waals surface area contributed by atoms with Gasteiger partial charge in [0.2, 0.25) is 21.1 Å². The summed E-state index contributed by atoms with van der Waals surface area (Å²) in [5.41, 5.74) is 0. The van der Waals surface area contributed by atoms with Crippen LogP contribution in [0.25, 0.3) is 0 Å². The molecule has 10 heteroatoms. The van der Waals surface area contributed by atoms with Gasteiger partial charge in [0.05, 0.1) is 4.90 Å². The maximum atomic E-state index is 12.9. The SMILES string of the molecule is CC(C)c1nnc(NC(=O)CCCN(C)S(=O)(=O)c2ccc(F)cc2)s1. The van der Waals surface area contributed by atoms with E-state index in [-0.39, 0.29) is 29.7 Å². The maximum Gasteiger partial charge on any atom is 0.242 e. The number of halogens is 1. The van der Waals surface area contributed by atoms with Crippen LogP contribution in [-0.4, -0.2) is 42.4 Å². The van der Waals surface area contributed by atoms with Crippen LogP contribution in [0.2, 0.25) is 0 Å². The number of nitrogens with one attached hydrogen (secondary N) is 1. The summed E-state index contributed by atoms with van der Waals surface area (Å²) >= 11 is 1.32. The molecule has 0 bridgehead atoms. The van der Waals surface area contributed by atoms with Gasteiger partial charge in [-0.3, -0.25) is 4.79 Å². The number of nitrogens with zero attached hydrogens (tertiary/aromatic N) is 3. The molecule has 0 atom stereocenters. The summed E-state index contributed by atoms with van der Waals surface area (Å²) in [4.78, 5) is 12.0. The van der Waals surface area contributed by atoms with Crippen molar-refractivity contribution < 1.29 is 17.6 Å². The lowest BCUT2D eigenvalue weighted by Gasteiger charge is -2.16. The molecule has 2 aromatic rings. The average molecular weight is 401 g/mol. The molecular weight excluding hydrogens is 379 g/mol. The fourth-order valence-corrected chi connectivity index (χ4v) is 4.04. The van der Waals surface area contributed by atoms with Gasteiger partial charge >= 0.3 is 0 Å². The smallest absolute Gasteiger partial charge is 0.242 e. The third kappa shape index (κ3) is 5.29. The lowest BCUT2D eigenvalue weighted by atomic mass is 10.2. The lowest BCUT2D eigenvalue weighted by Crippen LogP contribution is -2.28. The van der Waals surface area contributed by atoms with Crippen LogP contribution < -0.4 is 5.32 Å². The van der Waals surface area contributed by atoms with Gasteiger partial charge in [-0.1, -0.05) is 25.2 Å². The summed E-state index contributed by atoms with van der Waals surface area (Å²) < 4.78 is 38.8. The van der Waals surface area contributed by atoms with E-state index in [0.29, 0.717) is 11.6 Å². The predicted molar refractivity (Wildman–Crippen MR) is 98.1 cm³/mol. The zero-order chi connectivity index (χ0) is 19.3. The summed E-state index contributed by atoms with van der Waals surface area (Å²) in [5.74, 6) is -0.506. The Hall–Kier alpha value is -1.91. The van der Waals surface area contributed by atoms with E-state index in [1.165, 1.54) is 30.5 Å². The number of amides is 1. The fraction of sp³-hybridized carbons (Fsp3) is 0.438. The highest BCUT2D eigenvalue weighted by molar-refractivity contribution is 7.89. The van der Waals surface area contributed by atoms with E-state index < -0.39 is 15.8 Å². The van der Waals surface area contributed by atoms with Crippen LogP contribution in [0.1, 0.15) is 37.6 Å². The van der Waals surface area contributed by atoms with Gasteiger partial charge in [0.25, 0.3) is 0 Å². The lowest BCUT2D eigenvalue weighted by molar-refractivity contribution is -0.116. The van der Waals surface area contributed by atoms with Crippen molar-refractivity contribution in [3.63, 3.8) is 0 Å². The largest absolute Gasteiger partial charge is 0.301 e. The molecule has 0 aliphatic rings. The van der Waals surface area contributed by atoms with Crippen LogP contribution in [0.15, 0.2) is 29.2 Å². The Bertz CT molecular complexity index is 851. The molecule has 1 aromatic carbocycles. The van der Waals surface area contributed by atoms with Crippen molar-refractivity contribution in [3.05, 3.63) is 35.1 Å². The number of aromatic nitrogens is 2. The molecule has 0 unspecified atom stereocenters.